The Morgan fingerprint density at radius 1 is 1.19 bits per heavy atom. The third kappa shape index (κ3) is 3.15. The number of fused-ring (bicyclic) bond motifs is 1. The molecule has 0 aliphatic carbocycles. The third-order valence-electron chi connectivity index (χ3n) is 3.70. The van der Waals surface area contributed by atoms with Crippen molar-refractivity contribution in [2.75, 3.05) is 13.2 Å². The van der Waals surface area contributed by atoms with Gasteiger partial charge >= 0.3 is 5.97 Å². The summed E-state index contributed by atoms with van der Waals surface area (Å²) >= 11 is 0. The Hall–Kier alpha value is -1.69. The Labute approximate surface area is 123 Å². The van der Waals surface area contributed by atoms with E-state index < -0.39 is 5.97 Å². The minimum atomic E-state index is -0.457. The first kappa shape index (κ1) is 14.3. The van der Waals surface area contributed by atoms with Gasteiger partial charge in [-0.1, -0.05) is 36.9 Å². The van der Waals surface area contributed by atoms with E-state index in [0.29, 0.717) is 19.8 Å². The van der Waals surface area contributed by atoms with E-state index in [1.54, 1.807) is 0 Å². The van der Waals surface area contributed by atoms with Crippen molar-refractivity contribution in [1.29, 1.82) is 0 Å². The lowest BCUT2D eigenvalue weighted by Gasteiger charge is -2.17. The predicted molar refractivity (Wildman–Crippen MR) is 74.6 cm³/mol. The predicted octanol–water partition coefficient (Wildman–Crippen LogP) is 1.47. The molecule has 1 aromatic carbocycles. The number of benzene rings is 1. The highest BCUT2D eigenvalue weighted by Crippen LogP contribution is 2.31. The molecule has 0 spiro atoms. The smallest absolute Gasteiger partial charge is 0.330 e. The summed E-state index contributed by atoms with van der Waals surface area (Å²) in [6.45, 7) is 4.68. The molecule has 5 heteroatoms. The molecule has 0 radical (unpaired) electrons. The van der Waals surface area contributed by atoms with Crippen molar-refractivity contribution in [3.05, 3.63) is 48.6 Å². The van der Waals surface area contributed by atoms with Gasteiger partial charge in [-0.15, -0.1) is 0 Å². The summed E-state index contributed by atoms with van der Waals surface area (Å²) in [6.07, 6.45) is 0.186. The second kappa shape index (κ2) is 6.39. The summed E-state index contributed by atoms with van der Waals surface area (Å²) in [7, 11) is 0. The molecule has 112 valence electrons. The molecule has 1 aromatic rings. The maximum atomic E-state index is 11.3. The summed E-state index contributed by atoms with van der Waals surface area (Å²) in [5.41, 5.74) is 1.11. The van der Waals surface area contributed by atoms with E-state index in [-0.39, 0.29) is 24.4 Å². The molecule has 0 N–H and O–H groups in total. The standard InChI is InChI=1S/C16H18O5/c1-2-14(17)21-13-10-20-15-12(9-19-16(13)15)18-8-11-6-4-3-5-7-11/h2-7,12-13,15-16H,1,8-10H2/t12-,13-,15-,16-/m1/s1. The van der Waals surface area contributed by atoms with Gasteiger partial charge in [0.1, 0.15) is 18.3 Å². The van der Waals surface area contributed by atoms with E-state index in [1.165, 1.54) is 0 Å². The molecule has 0 aromatic heterocycles. The summed E-state index contributed by atoms with van der Waals surface area (Å²) in [4.78, 5) is 11.3. The molecule has 2 aliphatic heterocycles. The van der Waals surface area contributed by atoms with Gasteiger partial charge in [0.25, 0.3) is 0 Å². The zero-order valence-electron chi connectivity index (χ0n) is 11.6. The molecule has 0 unspecified atom stereocenters. The van der Waals surface area contributed by atoms with E-state index in [4.69, 9.17) is 18.9 Å². The highest BCUT2D eigenvalue weighted by Gasteiger charge is 2.49. The lowest BCUT2D eigenvalue weighted by atomic mass is 10.1. The zero-order valence-corrected chi connectivity index (χ0v) is 11.6. The molecule has 21 heavy (non-hydrogen) atoms. The summed E-state index contributed by atoms with van der Waals surface area (Å²) in [6, 6.07) is 9.94. The zero-order chi connectivity index (χ0) is 14.7. The number of carbonyl (C=O) groups is 1. The number of esters is 1. The number of ether oxygens (including phenoxy) is 4. The highest BCUT2D eigenvalue weighted by molar-refractivity contribution is 5.81. The van der Waals surface area contributed by atoms with Crippen molar-refractivity contribution in [1.82, 2.24) is 0 Å². The van der Waals surface area contributed by atoms with Crippen LogP contribution in [0.3, 0.4) is 0 Å². The molecule has 0 amide bonds. The minimum absolute atomic E-state index is 0.136. The molecule has 2 saturated heterocycles. The topological polar surface area (TPSA) is 54.0 Å². The SMILES string of the molecule is C=CC(=O)O[C@@H]1CO[C@H]2[C@@H]1OC[C@H]2OCc1ccccc1. The molecule has 0 bridgehead atoms. The lowest BCUT2D eigenvalue weighted by molar-refractivity contribution is -0.147. The van der Waals surface area contributed by atoms with Gasteiger partial charge < -0.3 is 18.9 Å². The first-order chi connectivity index (χ1) is 10.3. The average Bonchev–Trinajstić information content (AvgIpc) is 3.09. The molecular formula is C16H18O5. The van der Waals surface area contributed by atoms with Crippen molar-refractivity contribution >= 4 is 5.97 Å². The molecule has 2 aliphatic rings. The van der Waals surface area contributed by atoms with Crippen LogP contribution < -0.4 is 0 Å². The third-order valence-corrected chi connectivity index (χ3v) is 3.70. The van der Waals surface area contributed by atoms with Gasteiger partial charge in [-0.05, 0) is 5.56 Å². The van der Waals surface area contributed by atoms with E-state index in [9.17, 15) is 4.79 Å². The normalized spacial score (nSPS) is 30.9. The van der Waals surface area contributed by atoms with Crippen LogP contribution in [0.25, 0.3) is 0 Å². The fraction of sp³-hybridized carbons (Fsp3) is 0.438. The van der Waals surface area contributed by atoms with Gasteiger partial charge in [0, 0.05) is 6.08 Å². The quantitative estimate of drug-likeness (QED) is 0.607. The van der Waals surface area contributed by atoms with Crippen molar-refractivity contribution in [3.63, 3.8) is 0 Å². The van der Waals surface area contributed by atoms with E-state index in [2.05, 4.69) is 6.58 Å². The van der Waals surface area contributed by atoms with E-state index in [1.807, 2.05) is 30.3 Å². The molecule has 3 rings (SSSR count). The van der Waals surface area contributed by atoms with Gasteiger partial charge in [-0.2, -0.15) is 0 Å². The van der Waals surface area contributed by atoms with Gasteiger partial charge in [-0.3, -0.25) is 0 Å². The van der Waals surface area contributed by atoms with Gasteiger partial charge in [-0.25, -0.2) is 4.79 Å². The fourth-order valence-corrected chi connectivity index (χ4v) is 2.65. The summed E-state index contributed by atoms with van der Waals surface area (Å²) < 4.78 is 22.4. The maximum Gasteiger partial charge on any atom is 0.330 e. The number of carbonyl (C=O) groups excluding carboxylic acids is 1. The fourth-order valence-electron chi connectivity index (χ4n) is 2.65. The Balaban J connectivity index is 1.54. The Kier molecular flexibility index (Phi) is 4.34. The highest BCUT2D eigenvalue weighted by atomic mass is 16.7. The summed E-state index contributed by atoms with van der Waals surface area (Å²) in [5, 5.41) is 0. The second-order valence-corrected chi connectivity index (χ2v) is 5.11. The van der Waals surface area contributed by atoms with Crippen LogP contribution in [0.15, 0.2) is 43.0 Å². The molecular weight excluding hydrogens is 272 g/mol. The van der Waals surface area contributed by atoms with Crippen molar-refractivity contribution in [2.45, 2.75) is 31.0 Å². The monoisotopic (exact) mass is 290 g/mol. The molecule has 2 heterocycles. The van der Waals surface area contributed by atoms with Gasteiger partial charge in [0.15, 0.2) is 6.10 Å². The van der Waals surface area contributed by atoms with Gasteiger partial charge in [0.2, 0.25) is 0 Å². The van der Waals surface area contributed by atoms with Crippen LogP contribution in [0.4, 0.5) is 0 Å². The molecule has 0 saturated carbocycles. The van der Waals surface area contributed by atoms with Crippen LogP contribution in [-0.2, 0) is 30.3 Å². The van der Waals surface area contributed by atoms with Crippen molar-refractivity contribution < 1.29 is 23.7 Å². The van der Waals surface area contributed by atoms with Crippen LogP contribution >= 0.6 is 0 Å². The second-order valence-electron chi connectivity index (χ2n) is 5.11. The molecule has 4 atom stereocenters. The number of hydrogen-bond acceptors (Lipinski definition) is 5. The Morgan fingerprint density at radius 3 is 2.57 bits per heavy atom. The lowest BCUT2D eigenvalue weighted by Crippen LogP contribution is -2.34. The van der Waals surface area contributed by atoms with Gasteiger partial charge in [0.05, 0.1) is 19.8 Å². The van der Waals surface area contributed by atoms with Crippen LogP contribution in [-0.4, -0.2) is 43.6 Å². The Morgan fingerprint density at radius 2 is 1.86 bits per heavy atom. The van der Waals surface area contributed by atoms with Crippen LogP contribution in [0, 0.1) is 0 Å². The molecule has 2 fully saturated rings. The van der Waals surface area contributed by atoms with Crippen molar-refractivity contribution in [2.24, 2.45) is 0 Å². The largest absolute Gasteiger partial charge is 0.454 e. The van der Waals surface area contributed by atoms with Crippen LogP contribution in [0.1, 0.15) is 5.56 Å². The maximum absolute atomic E-state index is 11.3. The number of rotatable bonds is 5. The van der Waals surface area contributed by atoms with Crippen molar-refractivity contribution in [3.8, 4) is 0 Å². The van der Waals surface area contributed by atoms with E-state index in [0.717, 1.165) is 11.6 Å². The number of hydrogen-bond donors (Lipinski definition) is 0. The van der Waals surface area contributed by atoms with E-state index >= 15 is 0 Å². The Bertz CT molecular complexity index is 501. The average molecular weight is 290 g/mol. The first-order valence-corrected chi connectivity index (χ1v) is 6.99. The minimum Gasteiger partial charge on any atom is -0.454 e. The molecule has 5 nitrogen and oxygen atoms in total. The summed E-state index contributed by atoms with van der Waals surface area (Å²) in [5.74, 6) is -0.457. The van der Waals surface area contributed by atoms with Crippen LogP contribution in [0.5, 0.6) is 0 Å². The van der Waals surface area contributed by atoms with Crippen LogP contribution in [0.2, 0.25) is 0 Å². The first-order valence-electron chi connectivity index (χ1n) is 6.99.